The third-order valence-electron chi connectivity index (χ3n) is 3.32. The number of nitrogens with one attached hydrogen (secondary N) is 1. The second-order valence-electron chi connectivity index (χ2n) is 4.89. The number of rotatable bonds is 8. The van der Waals surface area contributed by atoms with Gasteiger partial charge < -0.3 is 10.2 Å². The molecular formula is C16H26N2OS. The molecule has 1 aromatic rings. The van der Waals surface area contributed by atoms with Crippen LogP contribution in [0.3, 0.4) is 0 Å². The van der Waals surface area contributed by atoms with Crippen LogP contribution in [-0.4, -0.2) is 42.2 Å². The fraction of sp³-hybridized carbons (Fsp3) is 0.562. The van der Waals surface area contributed by atoms with Crippen molar-refractivity contribution in [2.45, 2.75) is 37.8 Å². The van der Waals surface area contributed by atoms with Crippen molar-refractivity contribution in [1.82, 2.24) is 10.2 Å². The standard InChI is InChI=1S/C16H26N2OS/c1-5-18(6-2)12-11-17-16(19)14(4)20-15-9-7-13(3)8-10-15/h7-10,14H,5-6,11-12H2,1-4H3,(H,17,19). The summed E-state index contributed by atoms with van der Waals surface area (Å²) >= 11 is 1.61. The molecule has 0 heterocycles. The normalized spacial score (nSPS) is 12.4. The van der Waals surface area contributed by atoms with Gasteiger partial charge in [0.15, 0.2) is 0 Å². The minimum atomic E-state index is -0.0607. The SMILES string of the molecule is CCN(CC)CCNC(=O)C(C)Sc1ccc(C)cc1. The average molecular weight is 294 g/mol. The quantitative estimate of drug-likeness (QED) is 0.748. The van der Waals surface area contributed by atoms with Crippen molar-refractivity contribution in [3.63, 3.8) is 0 Å². The maximum Gasteiger partial charge on any atom is 0.233 e. The van der Waals surface area contributed by atoms with Gasteiger partial charge in [-0.3, -0.25) is 4.79 Å². The maximum atomic E-state index is 12.0. The van der Waals surface area contributed by atoms with Crippen LogP contribution in [0.2, 0.25) is 0 Å². The van der Waals surface area contributed by atoms with Gasteiger partial charge in [-0.15, -0.1) is 11.8 Å². The Hall–Kier alpha value is -1.00. The molecule has 1 amide bonds. The van der Waals surface area contributed by atoms with E-state index in [1.165, 1.54) is 5.56 Å². The molecule has 1 unspecified atom stereocenters. The minimum Gasteiger partial charge on any atom is -0.354 e. The molecule has 0 radical (unpaired) electrons. The summed E-state index contributed by atoms with van der Waals surface area (Å²) in [5, 5.41) is 2.95. The molecule has 0 spiro atoms. The van der Waals surface area contributed by atoms with Gasteiger partial charge in [-0.2, -0.15) is 0 Å². The van der Waals surface area contributed by atoms with E-state index in [9.17, 15) is 4.79 Å². The van der Waals surface area contributed by atoms with E-state index in [1.807, 2.05) is 6.92 Å². The van der Waals surface area contributed by atoms with Crippen LogP contribution in [0.4, 0.5) is 0 Å². The van der Waals surface area contributed by atoms with Crippen LogP contribution >= 0.6 is 11.8 Å². The van der Waals surface area contributed by atoms with Gasteiger partial charge in [-0.1, -0.05) is 31.5 Å². The molecule has 20 heavy (non-hydrogen) atoms. The van der Waals surface area contributed by atoms with Crippen LogP contribution in [0.15, 0.2) is 29.2 Å². The number of carbonyl (C=O) groups is 1. The lowest BCUT2D eigenvalue weighted by Gasteiger charge is -2.19. The molecule has 0 aliphatic carbocycles. The monoisotopic (exact) mass is 294 g/mol. The Morgan fingerprint density at radius 2 is 1.85 bits per heavy atom. The highest BCUT2D eigenvalue weighted by Crippen LogP contribution is 2.23. The maximum absolute atomic E-state index is 12.0. The molecular weight excluding hydrogens is 268 g/mol. The Labute approximate surface area is 127 Å². The first-order valence-electron chi connectivity index (χ1n) is 7.30. The highest BCUT2D eigenvalue weighted by atomic mass is 32.2. The van der Waals surface area contributed by atoms with Gasteiger partial charge in [-0.25, -0.2) is 0 Å². The smallest absolute Gasteiger partial charge is 0.233 e. The molecule has 4 heteroatoms. The Kier molecular flexibility index (Phi) is 7.70. The van der Waals surface area contributed by atoms with Crippen molar-refractivity contribution in [3.8, 4) is 0 Å². The first-order chi connectivity index (χ1) is 9.56. The van der Waals surface area contributed by atoms with Crippen molar-refractivity contribution in [1.29, 1.82) is 0 Å². The van der Waals surface area contributed by atoms with Gasteiger partial charge in [0.1, 0.15) is 0 Å². The lowest BCUT2D eigenvalue weighted by molar-refractivity contribution is -0.120. The van der Waals surface area contributed by atoms with E-state index >= 15 is 0 Å². The second-order valence-corrected chi connectivity index (χ2v) is 6.31. The molecule has 0 fully saturated rings. The van der Waals surface area contributed by atoms with E-state index in [0.717, 1.165) is 31.1 Å². The Morgan fingerprint density at radius 3 is 2.40 bits per heavy atom. The van der Waals surface area contributed by atoms with E-state index in [0.29, 0.717) is 0 Å². The zero-order valence-electron chi connectivity index (χ0n) is 13.0. The van der Waals surface area contributed by atoms with E-state index in [-0.39, 0.29) is 11.2 Å². The number of hydrogen-bond acceptors (Lipinski definition) is 3. The molecule has 1 atom stereocenters. The van der Waals surface area contributed by atoms with Crippen molar-refractivity contribution in [3.05, 3.63) is 29.8 Å². The van der Waals surface area contributed by atoms with Crippen molar-refractivity contribution in [2.24, 2.45) is 0 Å². The molecule has 0 aromatic heterocycles. The fourth-order valence-electron chi connectivity index (χ4n) is 1.90. The van der Waals surface area contributed by atoms with E-state index < -0.39 is 0 Å². The summed E-state index contributed by atoms with van der Waals surface area (Å²) in [5.41, 5.74) is 1.24. The number of hydrogen-bond donors (Lipinski definition) is 1. The summed E-state index contributed by atoms with van der Waals surface area (Å²) < 4.78 is 0. The topological polar surface area (TPSA) is 32.3 Å². The number of aryl methyl sites for hydroxylation is 1. The van der Waals surface area contributed by atoms with Gasteiger partial charge in [-0.05, 0) is 39.1 Å². The average Bonchev–Trinajstić information content (AvgIpc) is 2.45. The Balaban J connectivity index is 2.33. The predicted octanol–water partition coefficient (Wildman–Crippen LogP) is 2.93. The van der Waals surface area contributed by atoms with E-state index in [4.69, 9.17) is 0 Å². The van der Waals surface area contributed by atoms with Gasteiger partial charge in [0.25, 0.3) is 0 Å². The van der Waals surface area contributed by atoms with Crippen LogP contribution in [0.5, 0.6) is 0 Å². The number of carbonyl (C=O) groups excluding carboxylic acids is 1. The molecule has 3 nitrogen and oxygen atoms in total. The van der Waals surface area contributed by atoms with Gasteiger partial charge in [0.05, 0.1) is 5.25 Å². The molecule has 1 aromatic carbocycles. The van der Waals surface area contributed by atoms with Crippen LogP contribution < -0.4 is 5.32 Å². The summed E-state index contributed by atoms with van der Waals surface area (Å²) in [6.07, 6.45) is 0. The van der Waals surface area contributed by atoms with Crippen molar-refractivity contribution < 1.29 is 4.79 Å². The van der Waals surface area contributed by atoms with Crippen LogP contribution in [0.25, 0.3) is 0 Å². The Morgan fingerprint density at radius 1 is 1.25 bits per heavy atom. The summed E-state index contributed by atoms with van der Waals surface area (Å²) in [4.78, 5) is 15.5. The van der Waals surface area contributed by atoms with Crippen molar-refractivity contribution >= 4 is 17.7 Å². The van der Waals surface area contributed by atoms with E-state index in [2.05, 4.69) is 55.3 Å². The number of thioether (sulfide) groups is 1. The fourth-order valence-corrected chi connectivity index (χ4v) is 2.79. The first kappa shape index (κ1) is 17.1. The predicted molar refractivity (Wildman–Crippen MR) is 87.3 cm³/mol. The van der Waals surface area contributed by atoms with Crippen LogP contribution in [0.1, 0.15) is 26.3 Å². The highest BCUT2D eigenvalue weighted by molar-refractivity contribution is 8.00. The van der Waals surface area contributed by atoms with Gasteiger partial charge >= 0.3 is 0 Å². The van der Waals surface area contributed by atoms with Gasteiger partial charge in [0.2, 0.25) is 5.91 Å². The van der Waals surface area contributed by atoms with Gasteiger partial charge in [0, 0.05) is 18.0 Å². The zero-order chi connectivity index (χ0) is 15.0. The number of benzene rings is 1. The number of amides is 1. The molecule has 0 aliphatic heterocycles. The van der Waals surface area contributed by atoms with Crippen LogP contribution in [-0.2, 0) is 4.79 Å². The second kappa shape index (κ2) is 9.03. The van der Waals surface area contributed by atoms with Crippen molar-refractivity contribution in [2.75, 3.05) is 26.2 Å². The summed E-state index contributed by atoms with van der Waals surface area (Å²) in [5.74, 6) is 0.114. The lowest BCUT2D eigenvalue weighted by Crippen LogP contribution is -2.37. The summed E-state index contributed by atoms with van der Waals surface area (Å²) in [7, 11) is 0. The molecule has 0 saturated carbocycles. The summed E-state index contributed by atoms with van der Waals surface area (Å²) in [6, 6.07) is 8.29. The minimum absolute atomic E-state index is 0.0607. The molecule has 1 rings (SSSR count). The largest absolute Gasteiger partial charge is 0.354 e. The third kappa shape index (κ3) is 5.97. The highest BCUT2D eigenvalue weighted by Gasteiger charge is 2.13. The zero-order valence-corrected chi connectivity index (χ0v) is 13.8. The van der Waals surface area contributed by atoms with E-state index in [1.54, 1.807) is 11.8 Å². The molecule has 1 N–H and O–H groups in total. The molecule has 0 aliphatic rings. The number of likely N-dealkylation sites (N-methyl/N-ethyl adjacent to an activating group) is 1. The third-order valence-corrected chi connectivity index (χ3v) is 4.44. The van der Waals surface area contributed by atoms with Crippen LogP contribution in [0, 0.1) is 6.92 Å². The molecule has 0 saturated heterocycles. The lowest BCUT2D eigenvalue weighted by atomic mass is 10.2. The first-order valence-corrected chi connectivity index (χ1v) is 8.18. The Bertz CT molecular complexity index is 401. The molecule has 0 bridgehead atoms. The molecule has 112 valence electrons. The summed E-state index contributed by atoms with van der Waals surface area (Å²) in [6.45, 7) is 12.0. The number of nitrogens with zero attached hydrogens (tertiary/aromatic N) is 1.